The highest BCUT2D eigenvalue weighted by molar-refractivity contribution is 7.89. The number of carbonyl (C=O) groups excluding carboxylic acids is 1. The molecule has 1 aromatic rings. The number of hydrogen-bond donors (Lipinski definition) is 1. The lowest BCUT2D eigenvalue weighted by Gasteiger charge is -2.23. The van der Waals surface area contributed by atoms with Crippen LogP contribution in [0.5, 0.6) is 0 Å². The summed E-state index contributed by atoms with van der Waals surface area (Å²) >= 11 is 5.77. The van der Waals surface area contributed by atoms with E-state index in [0.29, 0.717) is 18.1 Å². The SMILES string of the molecule is CN(CC(=O)N1CCCNCC1)S(=O)(=O)c1ccc(Cl)cc1. The average Bonchev–Trinajstić information content (AvgIpc) is 2.76. The van der Waals surface area contributed by atoms with E-state index in [1.54, 1.807) is 4.90 Å². The number of carbonyl (C=O) groups is 1. The Morgan fingerprint density at radius 3 is 2.64 bits per heavy atom. The molecule has 0 unspecified atom stereocenters. The minimum Gasteiger partial charge on any atom is -0.340 e. The molecule has 1 aliphatic heterocycles. The van der Waals surface area contributed by atoms with Gasteiger partial charge in [0, 0.05) is 31.7 Å². The average molecular weight is 346 g/mol. The van der Waals surface area contributed by atoms with Crippen molar-refractivity contribution < 1.29 is 13.2 Å². The third kappa shape index (κ3) is 4.19. The number of rotatable bonds is 4. The van der Waals surface area contributed by atoms with Crippen LogP contribution >= 0.6 is 11.6 Å². The molecule has 2 rings (SSSR count). The van der Waals surface area contributed by atoms with Gasteiger partial charge in [-0.25, -0.2) is 8.42 Å². The molecular formula is C14H20ClN3O3S. The highest BCUT2D eigenvalue weighted by atomic mass is 35.5. The Balaban J connectivity index is 2.05. The van der Waals surface area contributed by atoms with Crippen molar-refractivity contribution in [3.8, 4) is 0 Å². The van der Waals surface area contributed by atoms with E-state index < -0.39 is 10.0 Å². The predicted molar refractivity (Wildman–Crippen MR) is 85.3 cm³/mol. The van der Waals surface area contributed by atoms with Gasteiger partial charge < -0.3 is 10.2 Å². The Morgan fingerprint density at radius 1 is 1.27 bits per heavy atom. The van der Waals surface area contributed by atoms with Crippen molar-refractivity contribution in [2.75, 3.05) is 39.8 Å². The predicted octanol–water partition coefficient (Wildman–Crippen LogP) is 0.782. The third-order valence-corrected chi connectivity index (χ3v) is 5.64. The lowest BCUT2D eigenvalue weighted by molar-refractivity contribution is -0.131. The van der Waals surface area contributed by atoms with Crippen LogP contribution in [0, 0.1) is 0 Å². The van der Waals surface area contributed by atoms with Crippen LogP contribution in [-0.2, 0) is 14.8 Å². The molecule has 0 radical (unpaired) electrons. The van der Waals surface area contributed by atoms with Crippen molar-refractivity contribution in [2.45, 2.75) is 11.3 Å². The van der Waals surface area contributed by atoms with Crippen LogP contribution in [-0.4, -0.2) is 63.3 Å². The first-order chi connectivity index (χ1) is 10.4. The van der Waals surface area contributed by atoms with Crippen molar-refractivity contribution in [3.05, 3.63) is 29.3 Å². The van der Waals surface area contributed by atoms with Gasteiger partial charge >= 0.3 is 0 Å². The van der Waals surface area contributed by atoms with E-state index in [0.717, 1.165) is 23.8 Å². The van der Waals surface area contributed by atoms with E-state index >= 15 is 0 Å². The van der Waals surface area contributed by atoms with Gasteiger partial charge in [0.1, 0.15) is 0 Å². The van der Waals surface area contributed by atoms with Crippen molar-refractivity contribution in [2.24, 2.45) is 0 Å². The molecule has 0 atom stereocenters. The van der Waals surface area contributed by atoms with Gasteiger partial charge in [0.25, 0.3) is 0 Å². The maximum atomic E-state index is 12.4. The third-order valence-electron chi connectivity index (χ3n) is 3.57. The lowest BCUT2D eigenvalue weighted by atomic mass is 10.4. The van der Waals surface area contributed by atoms with E-state index in [1.807, 2.05) is 0 Å². The fourth-order valence-electron chi connectivity index (χ4n) is 2.26. The van der Waals surface area contributed by atoms with E-state index in [4.69, 9.17) is 11.6 Å². The lowest BCUT2D eigenvalue weighted by Crippen LogP contribution is -2.42. The first-order valence-electron chi connectivity index (χ1n) is 7.11. The number of sulfonamides is 1. The minimum atomic E-state index is -3.69. The maximum Gasteiger partial charge on any atom is 0.243 e. The van der Waals surface area contributed by atoms with E-state index in [2.05, 4.69) is 5.32 Å². The zero-order valence-corrected chi connectivity index (χ0v) is 14.0. The van der Waals surface area contributed by atoms with Crippen molar-refractivity contribution in [1.82, 2.24) is 14.5 Å². The van der Waals surface area contributed by atoms with Crippen molar-refractivity contribution >= 4 is 27.5 Å². The first kappa shape index (κ1) is 17.2. The number of likely N-dealkylation sites (N-methyl/N-ethyl adjacent to an activating group) is 1. The van der Waals surface area contributed by atoms with Gasteiger partial charge in [0.05, 0.1) is 11.4 Å². The molecule has 6 nitrogen and oxygen atoms in total. The summed E-state index contributed by atoms with van der Waals surface area (Å²) in [4.78, 5) is 14.1. The van der Waals surface area contributed by atoms with Crippen LogP contribution in [0.15, 0.2) is 29.2 Å². The van der Waals surface area contributed by atoms with Gasteiger partial charge in [-0.05, 0) is 37.2 Å². The molecule has 0 aromatic heterocycles. The summed E-state index contributed by atoms with van der Waals surface area (Å²) in [6, 6.07) is 5.91. The normalized spacial score (nSPS) is 16.6. The smallest absolute Gasteiger partial charge is 0.243 e. The molecular weight excluding hydrogens is 326 g/mol. The largest absolute Gasteiger partial charge is 0.340 e. The van der Waals surface area contributed by atoms with Crippen LogP contribution < -0.4 is 5.32 Å². The second kappa shape index (κ2) is 7.41. The Morgan fingerprint density at radius 2 is 1.95 bits per heavy atom. The molecule has 0 bridgehead atoms. The number of nitrogens with zero attached hydrogens (tertiary/aromatic N) is 2. The summed E-state index contributed by atoms with van der Waals surface area (Å²) in [7, 11) is -2.27. The Hall–Kier alpha value is -1.15. The van der Waals surface area contributed by atoms with E-state index in [9.17, 15) is 13.2 Å². The zero-order valence-electron chi connectivity index (χ0n) is 12.5. The molecule has 0 aliphatic carbocycles. The number of halogens is 1. The number of amides is 1. The Bertz CT molecular complexity index is 611. The summed E-state index contributed by atoms with van der Waals surface area (Å²) in [5.41, 5.74) is 0. The summed E-state index contributed by atoms with van der Waals surface area (Å²) in [6.45, 7) is 2.71. The second-order valence-corrected chi connectivity index (χ2v) is 7.68. The Labute approximate surface area is 136 Å². The first-order valence-corrected chi connectivity index (χ1v) is 8.93. The molecule has 1 amide bonds. The van der Waals surface area contributed by atoms with Crippen LogP contribution in [0.4, 0.5) is 0 Å². The van der Waals surface area contributed by atoms with Gasteiger partial charge in [-0.1, -0.05) is 11.6 Å². The maximum absolute atomic E-state index is 12.4. The van der Waals surface area contributed by atoms with E-state index in [-0.39, 0.29) is 17.3 Å². The van der Waals surface area contributed by atoms with Gasteiger partial charge in [-0.2, -0.15) is 4.31 Å². The topological polar surface area (TPSA) is 69.7 Å². The fourth-order valence-corrected chi connectivity index (χ4v) is 3.50. The molecule has 1 aromatic carbocycles. The Kier molecular flexibility index (Phi) is 5.80. The zero-order chi connectivity index (χ0) is 16.2. The summed E-state index contributed by atoms with van der Waals surface area (Å²) in [6.07, 6.45) is 0.874. The van der Waals surface area contributed by atoms with Gasteiger partial charge in [0.15, 0.2) is 0 Å². The molecule has 1 N–H and O–H groups in total. The summed E-state index contributed by atoms with van der Waals surface area (Å²) in [5, 5.41) is 3.68. The van der Waals surface area contributed by atoms with Crippen LogP contribution in [0.25, 0.3) is 0 Å². The highest BCUT2D eigenvalue weighted by Crippen LogP contribution is 2.17. The van der Waals surface area contributed by atoms with Crippen LogP contribution in [0.3, 0.4) is 0 Å². The molecule has 1 aliphatic rings. The van der Waals surface area contributed by atoms with Crippen molar-refractivity contribution in [3.63, 3.8) is 0 Å². The standard InChI is InChI=1S/C14H20ClN3O3S/c1-17(11-14(19)18-9-2-7-16-8-10-18)22(20,21)13-5-3-12(15)4-6-13/h3-6,16H,2,7-11H2,1H3. The van der Waals surface area contributed by atoms with Crippen molar-refractivity contribution in [1.29, 1.82) is 0 Å². The van der Waals surface area contributed by atoms with Gasteiger partial charge in [-0.15, -0.1) is 0 Å². The van der Waals surface area contributed by atoms with Crippen LogP contribution in [0.1, 0.15) is 6.42 Å². The number of benzene rings is 1. The molecule has 122 valence electrons. The molecule has 1 saturated heterocycles. The van der Waals surface area contributed by atoms with Gasteiger partial charge in [-0.3, -0.25) is 4.79 Å². The fraction of sp³-hybridized carbons (Fsp3) is 0.500. The summed E-state index contributed by atoms with van der Waals surface area (Å²) in [5.74, 6) is -0.177. The molecule has 1 fully saturated rings. The molecule has 0 spiro atoms. The molecule has 1 heterocycles. The second-order valence-electron chi connectivity index (χ2n) is 5.20. The number of hydrogen-bond acceptors (Lipinski definition) is 4. The van der Waals surface area contributed by atoms with E-state index in [1.165, 1.54) is 31.3 Å². The molecule has 22 heavy (non-hydrogen) atoms. The number of nitrogens with one attached hydrogen (secondary N) is 1. The molecule has 0 saturated carbocycles. The quantitative estimate of drug-likeness (QED) is 0.875. The summed E-state index contributed by atoms with van der Waals surface area (Å²) < 4.78 is 25.9. The van der Waals surface area contributed by atoms with Gasteiger partial charge in [0.2, 0.25) is 15.9 Å². The van der Waals surface area contributed by atoms with Crippen LogP contribution in [0.2, 0.25) is 5.02 Å². The minimum absolute atomic E-state index is 0.129. The highest BCUT2D eigenvalue weighted by Gasteiger charge is 2.25. The monoisotopic (exact) mass is 345 g/mol. The molecule has 8 heteroatoms.